The van der Waals surface area contributed by atoms with E-state index in [9.17, 15) is 22.8 Å². The van der Waals surface area contributed by atoms with Crippen molar-refractivity contribution in [3.8, 4) is 5.75 Å². The third-order valence-corrected chi connectivity index (χ3v) is 5.44. The number of H-pyrrole nitrogens is 1. The Balaban J connectivity index is 1.60. The second-order valence-electron chi connectivity index (χ2n) is 6.30. The number of anilines is 1. The highest BCUT2D eigenvalue weighted by Gasteiger charge is 2.15. The van der Waals surface area contributed by atoms with Crippen LogP contribution in [-0.2, 0) is 10.0 Å². The Morgan fingerprint density at radius 2 is 1.59 bits per heavy atom. The monoisotopic (exact) mass is 457 g/mol. The molecule has 3 rings (SSSR count). The molecule has 11 nitrogen and oxygen atoms in total. The van der Waals surface area contributed by atoms with Crippen LogP contribution in [0.25, 0.3) is 0 Å². The van der Waals surface area contributed by atoms with Gasteiger partial charge in [-0.3, -0.25) is 30.0 Å². The van der Waals surface area contributed by atoms with E-state index in [1.54, 1.807) is 12.1 Å². The molecule has 2 aromatic carbocycles. The normalized spacial score (nSPS) is 10.8. The van der Waals surface area contributed by atoms with Crippen LogP contribution in [0.3, 0.4) is 0 Å². The molecule has 3 aromatic rings. The topological polar surface area (TPSA) is 159 Å². The number of amides is 2. The van der Waals surface area contributed by atoms with Gasteiger partial charge in [-0.05, 0) is 61.5 Å². The van der Waals surface area contributed by atoms with E-state index < -0.39 is 27.4 Å². The molecule has 32 heavy (non-hydrogen) atoms. The molecule has 12 heteroatoms. The van der Waals surface area contributed by atoms with Crippen molar-refractivity contribution < 1.29 is 22.7 Å². The minimum Gasteiger partial charge on any atom is -0.494 e. The van der Waals surface area contributed by atoms with Gasteiger partial charge in [0.15, 0.2) is 5.69 Å². The number of carbonyl (C=O) groups excluding carboxylic acids is 2. The number of aromatic nitrogens is 2. The van der Waals surface area contributed by atoms with Crippen LogP contribution in [-0.4, -0.2) is 37.0 Å². The lowest BCUT2D eigenvalue weighted by molar-refractivity contribution is 0.0843. The van der Waals surface area contributed by atoms with Gasteiger partial charge in [0.25, 0.3) is 27.4 Å². The lowest BCUT2D eigenvalue weighted by atomic mass is 10.2. The van der Waals surface area contributed by atoms with Crippen LogP contribution in [0, 0.1) is 0 Å². The van der Waals surface area contributed by atoms with Gasteiger partial charge < -0.3 is 4.74 Å². The summed E-state index contributed by atoms with van der Waals surface area (Å²) in [6.45, 7) is 2.30. The molecule has 0 saturated heterocycles. The molecular formula is C20H19N5O6S. The molecule has 1 aromatic heterocycles. The summed E-state index contributed by atoms with van der Waals surface area (Å²) >= 11 is 0. The van der Waals surface area contributed by atoms with E-state index in [4.69, 9.17) is 4.74 Å². The molecule has 0 unspecified atom stereocenters. The highest BCUT2D eigenvalue weighted by Crippen LogP contribution is 2.19. The summed E-state index contributed by atoms with van der Waals surface area (Å²) in [6, 6.07) is 13.9. The molecule has 4 N–H and O–H groups in total. The number of nitrogens with one attached hydrogen (secondary N) is 4. The lowest BCUT2D eigenvalue weighted by Gasteiger charge is -2.10. The van der Waals surface area contributed by atoms with Crippen LogP contribution >= 0.6 is 0 Å². The van der Waals surface area contributed by atoms with Crippen molar-refractivity contribution in [1.82, 2.24) is 21.0 Å². The first-order valence-electron chi connectivity index (χ1n) is 9.30. The fourth-order valence-electron chi connectivity index (χ4n) is 2.51. The highest BCUT2D eigenvalue weighted by atomic mass is 32.2. The fourth-order valence-corrected chi connectivity index (χ4v) is 3.56. The Kier molecular flexibility index (Phi) is 6.85. The van der Waals surface area contributed by atoms with E-state index in [1.807, 2.05) is 6.92 Å². The molecule has 0 saturated carbocycles. The maximum absolute atomic E-state index is 12.5. The van der Waals surface area contributed by atoms with Gasteiger partial charge in [0.2, 0.25) is 0 Å². The number of ether oxygens (including phenoxy) is 1. The number of nitrogens with zero attached hydrogens (tertiary/aromatic N) is 1. The Bertz CT molecular complexity index is 1250. The maximum atomic E-state index is 12.5. The summed E-state index contributed by atoms with van der Waals surface area (Å²) in [6.07, 6.45) is 0. The van der Waals surface area contributed by atoms with Gasteiger partial charge in [-0.25, -0.2) is 13.5 Å². The molecule has 0 aliphatic rings. The highest BCUT2D eigenvalue weighted by molar-refractivity contribution is 7.92. The van der Waals surface area contributed by atoms with Gasteiger partial charge in [-0.2, -0.15) is 5.10 Å². The van der Waals surface area contributed by atoms with E-state index in [0.717, 1.165) is 6.07 Å². The van der Waals surface area contributed by atoms with Crippen molar-refractivity contribution in [1.29, 1.82) is 0 Å². The summed E-state index contributed by atoms with van der Waals surface area (Å²) in [4.78, 5) is 35.1. The second kappa shape index (κ2) is 9.75. The summed E-state index contributed by atoms with van der Waals surface area (Å²) in [7, 11) is -3.83. The zero-order valence-corrected chi connectivity index (χ0v) is 17.6. The number of sulfonamides is 1. The van der Waals surface area contributed by atoms with Crippen LogP contribution < -0.4 is 25.9 Å². The maximum Gasteiger partial charge on any atom is 0.290 e. The number of hydrogen-bond acceptors (Lipinski definition) is 7. The Hall–Kier alpha value is -4.19. The van der Waals surface area contributed by atoms with Crippen molar-refractivity contribution in [2.75, 3.05) is 11.3 Å². The molecule has 0 atom stereocenters. The predicted molar refractivity (Wildman–Crippen MR) is 115 cm³/mol. The van der Waals surface area contributed by atoms with E-state index >= 15 is 0 Å². The number of carbonyl (C=O) groups is 2. The van der Waals surface area contributed by atoms with E-state index in [2.05, 4.69) is 25.8 Å². The summed E-state index contributed by atoms with van der Waals surface area (Å²) in [5, 5.41) is 5.64. The van der Waals surface area contributed by atoms with Gasteiger partial charge >= 0.3 is 0 Å². The van der Waals surface area contributed by atoms with Gasteiger partial charge in [-0.1, -0.05) is 0 Å². The van der Waals surface area contributed by atoms with Crippen molar-refractivity contribution in [3.63, 3.8) is 0 Å². The van der Waals surface area contributed by atoms with Crippen molar-refractivity contribution >= 4 is 27.5 Å². The second-order valence-corrected chi connectivity index (χ2v) is 7.98. The van der Waals surface area contributed by atoms with Gasteiger partial charge in [-0.15, -0.1) is 0 Å². The van der Waals surface area contributed by atoms with Gasteiger partial charge in [0.1, 0.15) is 5.75 Å². The molecule has 0 bridgehead atoms. The van der Waals surface area contributed by atoms with E-state index in [-0.39, 0.29) is 21.8 Å². The van der Waals surface area contributed by atoms with Crippen LogP contribution in [0.2, 0.25) is 0 Å². The molecule has 0 radical (unpaired) electrons. The third-order valence-electron chi connectivity index (χ3n) is 4.05. The number of hydrogen-bond donors (Lipinski definition) is 4. The zero-order valence-electron chi connectivity index (χ0n) is 16.8. The van der Waals surface area contributed by atoms with Crippen molar-refractivity contribution in [3.05, 3.63) is 82.3 Å². The van der Waals surface area contributed by atoms with Crippen LogP contribution in [0.5, 0.6) is 5.75 Å². The zero-order chi connectivity index (χ0) is 23.1. The minimum atomic E-state index is -3.83. The molecule has 1 heterocycles. The van der Waals surface area contributed by atoms with Crippen LogP contribution in [0.1, 0.15) is 27.8 Å². The Labute approximate surface area is 182 Å². The molecule has 0 aliphatic heterocycles. The molecular weight excluding hydrogens is 438 g/mol. The number of benzene rings is 2. The average molecular weight is 457 g/mol. The van der Waals surface area contributed by atoms with E-state index in [1.165, 1.54) is 42.5 Å². The predicted octanol–water partition coefficient (Wildman–Crippen LogP) is 1.04. The summed E-state index contributed by atoms with van der Waals surface area (Å²) < 4.78 is 32.7. The molecule has 0 spiro atoms. The first-order chi connectivity index (χ1) is 15.3. The lowest BCUT2D eigenvalue weighted by Crippen LogP contribution is -2.42. The first-order valence-corrected chi connectivity index (χ1v) is 10.8. The van der Waals surface area contributed by atoms with Crippen LogP contribution in [0.4, 0.5) is 5.69 Å². The summed E-state index contributed by atoms with van der Waals surface area (Å²) in [5.74, 6) is -0.803. The van der Waals surface area contributed by atoms with E-state index in [0.29, 0.717) is 12.4 Å². The number of hydrazine groups is 1. The number of aromatic amines is 1. The SMILES string of the molecule is CCOc1ccc(S(=O)(=O)Nc2ccc(C(=O)NNC(=O)c3ccc(=O)[nH]n3)cc2)cc1. The van der Waals surface area contributed by atoms with Gasteiger partial charge in [0.05, 0.1) is 11.5 Å². The molecule has 0 aliphatic carbocycles. The van der Waals surface area contributed by atoms with Crippen molar-refractivity contribution in [2.24, 2.45) is 0 Å². The molecule has 2 amide bonds. The quantitative estimate of drug-likeness (QED) is 0.386. The Morgan fingerprint density at radius 1 is 0.938 bits per heavy atom. The third kappa shape index (κ3) is 5.70. The molecule has 0 fully saturated rings. The first kappa shape index (κ1) is 22.5. The fraction of sp³-hybridized carbons (Fsp3) is 0.100. The van der Waals surface area contributed by atoms with Gasteiger partial charge in [0, 0.05) is 17.3 Å². The van der Waals surface area contributed by atoms with Crippen molar-refractivity contribution in [2.45, 2.75) is 11.8 Å². The minimum absolute atomic E-state index is 0.0568. The largest absolute Gasteiger partial charge is 0.494 e. The standard InChI is InChI=1S/C20H19N5O6S/c1-2-31-15-7-9-16(10-8-15)32(29,30)25-14-5-3-13(4-6-14)19(27)23-24-20(28)17-11-12-18(26)22-21-17/h3-12,25H,2H2,1H3,(H,22,26)(H,23,27)(H,24,28). The molecule has 166 valence electrons. The summed E-state index contributed by atoms with van der Waals surface area (Å²) in [5.41, 5.74) is 4.21. The Morgan fingerprint density at radius 3 is 2.19 bits per heavy atom. The van der Waals surface area contributed by atoms with Crippen LogP contribution in [0.15, 0.2) is 70.4 Å². The average Bonchev–Trinajstić information content (AvgIpc) is 2.78. The smallest absolute Gasteiger partial charge is 0.290 e. The number of rotatable bonds is 7.